The molecule has 0 N–H and O–H groups in total. The third-order valence-electron chi connectivity index (χ3n) is 6.86. The summed E-state index contributed by atoms with van der Waals surface area (Å²) in [5, 5.41) is 0. The maximum atomic E-state index is 12.2. The third-order valence-corrected chi connectivity index (χ3v) is 6.86. The van der Waals surface area contributed by atoms with Crippen LogP contribution in [0.5, 0.6) is 0 Å². The van der Waals surface area contributed by atoms with Crippen LogP contribution in [0.15, 0.2) is 11.1 Å². The molecule has 0 aromatic rings. The van der Waals surface area contributed by atoms with E-state index in [9.17, 15) is 9.59 Å². The summed E-state index contributed by atoms with van der Waals surface area (Å²) in [6.07, 6.45) is 4.42. The number of hydrogen-bond donors (Lipinski definition) is 0. The third kappa shape index (κ3) is 0.978. The van der Waals surface area contributed by atoms with Crippen molar-refractivity contribution in [3.05, 3.63) is 11.1 Å². The average molecular weight is 290 g/mol. The van der Waals surface area contributed by atoms with Crippen molar-refractivity contribution in [1.82, 2.24) is 0 Å². The SMILES string of the molecule is COC(=O)C1=C(C(=O)OC)[C@H]2C[C@H]1[C@]13O[C@@]21[C@H]1CC[C@H]3C1. The fourth-order valence-electron chi connectivity index (χ4n) is 6.43. The van der Waals surface area contributed by atoms with E-state index in [4.69, 9.17) is 14.2 Å². The monoisotopic (exact) mass is 290 g/mol. The second kappa shape index (κ2) is 3.35. The summed E-state index contributed by atoms with van der Waals surface area (Å²) in [6, 6.07) is 0. The van der Waals surface area contributed by atoms with Crippen LogP contribution in [0.3, 0.4) is 0 Å². The Morgan fingerprint density at radius 3 is 1.86 bits per heavy atom. The van der Waals surface area contributed by atoms with Gasteiger partial charge in [0.05, 0.1) is 25.4 Å². The predicted molar refractivity (Wildman–Crippen MR) is 70.0 cm³/mol. The minimum absolute atomic E-state index is 0.0272. The first-order valence-electron chi connectivity index (χ1n) is 7.72. The van der Waals surface area contributed by atoms with E-state index in [0.717, 1.165) is 6.42 Å². The van der Waals surface area contributed by atoms with Crippen molar-refractivity contribution in [1.29, 1.82) is 0 Å². The molecule has 1 aliphatic heterocycles. The van der Waals surface area contributed by atoms with Crippen molar-refractivity contribution in [3.8, 4) is 0 Å². The minimum Gasteiger partial charge on any atom is -0.466 e. The zero-order valence-electron chi connectivity index (χ0n) is 12.2. The Bertz CT molecular complexity index is 572. The van der Waals surface area contributed by atoms with Gasteiger partial charge in [-0.15, -0.1) is 0 Å². The smallest absolute Gasteiger partial charge is 0.334 e. The summed E-state index contributed by atoms with van der Waals surface area (Å²) in [7, 11) is 2.74. The van der Waals surface area contributed by atoms with Gasteiger partial charge >= 0.3 is 11.9 Å². The highest BCUT2D eigenvalue weighted by atomic mass is 16.6. The molecule has 0 radical (unpaired) electrons. The number of hydrogen-bond acceptors (Lipinski definition) is 5. The van der Waals surface area contributed by atoms with Crippen LogP contribution in [0.25, 0.3) is 0 Å². The highest BCUT2D eigenvalue weighted by molar-refractivity contribution is 6.03. The minimum atomic E-state index is -0.385. The molecule has 0 spiro atoms. The summed E-state index contributed by atoms with van der Waals surface area (Å²) in [5.41, 5.74) is 0.744. The molecule has 0 amide bonds. The van der Waals surface area contributed by atoms with E-state index < -0.39 is 0 Å². The lowest BCUT2D eigenvalue weighted by atomic mass is 9.69. The van der Waals surface area contributed by atoms with Gasteiger partial charge in [-0.05, 0) is 37.5 Å². The zero-order valence-corrected chi connectivity index (χ0v) is 12.2. The Labute approximate surface area is 122 Å². The fourth-order valence-corrected chi connectivity index (χ4v) is 6.43. The van der Waals surface area contributed by atoms with Crippen molar-refractivity contribution < 1.29 is 23.8 Å². The summed E-state index contributed by atoms with van der Waals surface area (Å²) in [4.78, 5) is 24.5. The molecular formula is C16H18O5. The average Bonchev–Trinajstić information content (AvgIpc) is 2.89. The standard InChI is InChI=1S/C16H18O5/c1-19-13(17)11-9-6-10(12(11)14(18)20-2)16-8-4-3-7(5-8)15(9,16)21-16/h7-10H,3-6H2,1-2H3/t7-,8-,9+,10+,15-,16-/m0/s1. The molecule has 0 aromatic heterocycles. The predicted octanol–water partition coefficient (Wildman–Crippen LogP) is 1.22. The molecule has 5 nitrogen and oxygen atoms in total. The largest absolute Gasteiger partial charge is 0.466 e. The van der Waals surface area contributed by atoms with E-state index in [2.05, 4.69) is 0 Å². The van der Waals surface area contributed by atoms with E-state index >= 15 is 0 Å². The lowest BCUT2D eigenvalue weighted by molar-refractivity contribution is -0.140. The van der Waals surface area contributed by atoms with E-state index in [1.807, 2.05) is 0 Å². The Kier molecular flexibility index (Phi) is 1.95. The van der Waals surface area contributed by atoms with Gasteiger partial charge < -0.3 is 14.2 Å². The topological polar surface area (TPSA) is 65.1 Å². The molecule has 1 saturated heterocycles. The molecule has 1 heterocycles. The Morgan fingerprint density at radius 2 is 1.43 bits per heavy atom. The molecule has 5 heteroatoms. The molecule has 4 aliphatic carbocycles. The molecule has 6 atom stereocenters. The molecule has 5 aliphatic rings. The van der Waals surface area contributed by atoms with Gasteiger partial charge in [0.25, 0.3) is 0 Å². The van der Waals surface area contributed by atoms with Gasteiger partial charge in [0.15, 0.2) is 0 Å². The molecule has 4 fully saturated rings. The van der Waals surface area contributed by atoms with Crippen LogP contribution in [0, 0.1) is 23.7 Å². The van der Waals surface area contributed by atoms with Gasteiger partial charge in [0.2, 0.25) is 0 Å². The summed E-state index contributed by atoms with van der Waals surface area (Å²) in [6.45, 7) is 0. The quantitative estimate of drug-likeness (QED) is 0.565. The molecule has 112 valence electrons. The van der Waals surface area contributed by atoms with Crippen LogP contribution in [0.2, 0.25) is 0 Å². The first kappa shape index (κ1) is 12.2. The highest BCUT2D eigenvalue weighted by Gasteiger charge is 2.92. The van der Waals surface area contributed by atoms with Crippen molar-refractivity contribution in [2.45, 2.75) is 36.9 Å². The van der Waals surface area contributed by atoms with Gasteiger partial charge in [-0.2, -0.15) is 0 Å². The maximum absolute atomic E-state index is 12.2. The van der Waals surface area contributed by atoms with E-state index in [0.29, 0.717) is 23.0 Å². The van der Waals surface area contributed by atoms with Gasteiger partial charge in [0, 0.05) is 11.8 Å². The number of epoxide rings is 1. The molecule has 4 bridgehead atoms. The summed E-state index contributed by atoms with van der Waals surface area (Å²) in [5.74, 6) is 0.389. The molecule has 3 saturated carbocycles. The zero-order chi connectivity index (χ0) is 14.6. The number of esters is 2. The van der Waals surface area contributed by atoms with Crippen molar-refractivity contribution in [2.75, 3.05) is 14.2 Å². The first-order chi connectivity index (χ1) is 10.1. The number of rotatable bonds is 2. The Balaban J connectivity index is 1.69. The van der Waals surface area contributed by atoms with Crippen LogP contribution in [-0.2, 0) is 23.8 Å². The highest BCUT2D eigenvalue weighted by Crippen LogP contribution is 2.84. The summed E-state index contributed by atoms with van der Waals surface area (Å²) >= 11 is 0. The number of fused-ring (bicyclic) bond motifs is 4. The molecule has 21 heavy (non-hydrogen) atoms. The van der Waals surface area contributed by atoms with Crippen molar-refractivity contribution in [2.24, 2.45) is 23.7 Å². The van der Waals surface area contributed by atoms with Crippen LogP contribution >= 0.6 is 0 Å². The van der Waals surface area contributed by atoms with Crippen LogP contribution in [-0.4, -0.2) is 37.4 Å². The molecular weight excluding hydrogens is 272 g/mol. The van der Waals surface area contributed by atoms with Crippen LogP contribution < -0.4 is 0 Å². The lowest BCUT2D eigenvalue weighted by Gasteiger charge is -2.29. The first-order valence-corrected chi connectivity index (χ1v) is 7.72. The fraction of sp³-hybridized carbons (Fsp3) is 0.750. The summed E-state index contributed by atoms with van der Waals surface area (Å²) < 4.78 is 16.2. The molecule has 5 rings (SSSR count). The van der Waals surface area contributed by atoms with Crippen LogP contribution in [0.4, 0.5) is 0 Å². The normalized spacial score (nSPS) is 51.0. The van der Waals surface area contributed by atoms with E-state index in [-0.39, 0.29) is 35.0 Å². The van der Waals surface area contributed by atoms with Gasteiger partial charge in [-0.25, -0.2) is 9.59 Å². The number of carbonyl (C=O) groups is 2. The number of carbonyl (C=O) groups excluding carboxylic acids is 2. The Morgan fingerprint density at radius 1 is 0.952 bits per heavy atom. The maximum Gasteiger partial charge on any atom is 0.334 e. The van der Waals surface area contributed by atoms with Crippen molar-refractivity contribution >= 4 is 11.9 Å². The molecule has 0 aromatic carbocycles. The van der Waals surface area contributed by atoms with Crippen molar-refractivity contribution in [3.63, 3.8) is 0 Å². The molecule has 0 unspecified atom stereocenters. The second-order valence-corrected chi connectivity index (χ2v) is 7.05. The second-order valence-electron chi connectivity index (χ2n) is 7.05. The van der Waals surface area contributed by atoms with E-state index in [1.54, 1.807) is 0 Å². The Hall–Kier alpha value is -1.36. The van der Waals surface area contributed by atoms with E-state index in [1.165, 1.54) is 33.5 Å². The van der Waals surface area contributed by atoms with Gasteiger partial charge in [-0.1, -0.05) is 0 Å². The van der Waals surface area contributed by atoms with Gasteiger partial charge in [0.1, 0.15) is 11.2 Å². The number of ether oxygens (including phenoxy) is 3. The lowest BCUT2D eigenvalue weighted by Crippen LogP contribution is -2.42. The van der Waals surface area contributed by atoms with Gasteiger partial charge in [-0.3, -0.25) is 0 Å². The van der Waals surface area contributed by atoms with Crippen LogP contribution in [0.1, 0.15) is 25.7 Å². The number of methoxy groups -OCH3 is 2.